The van der Waals surface area contributed by atoms with Crippen LogP contribution in [0.1, 0.15) is 31.8 Å². The second-order valence-corrected chi connectivity index (χ2v) is 8.64. The van der Waals surface area contributed by atoms with Gasteiger partial charge in [0.2, 0.25) is 0 Å². The molecule has 0 fully saturated rings. The largest absolute Gasteiger partial charge is 0.343 e. The number of carbonyl (C=O) groups is 2. The van der Waals surface area contributed by atoms with E-state index in [2.05, 4.69) is 65.4 Å². The number of rotatable bonds is 5. The highest BCUT2D eigenvalue weighted by Gasteiger charge is 2.34. The summed E-state index contributed by atoms with van der Waals surface area (Å²) >= 11 is 0. The second-order valence-electron chi connectivity index (χ2n) is 8.64. The van der Waals surface area contributed by atoms with Gasteiger partial charge in [0, 0.05) is 18.3 Å². The highest BCUT2D eigenvalue weighted by molar-refractivity contribution is 6.21. The van der Waals surface area contributed by atoms with E-state index in [1.165, 1.54) is 21.4 Å². The van der Waals surface area contributed by atoms with Gasteiger partial charge in [-0.3, -0.25) is 14.5 Å². The first kappa shape index (κ1) is 20.2. The van der Waals surface area contributed by atoms with E-state index in [4.69, 9.17) is 0 Å². The van der Waals surface area contributed by atoms with Crippen molar-refractivity contribution in [1.29, 1.82) is 0 Å². The van der Waals surface area contributed by atoms with Crippen LogP contribution >= 0.6 is 0 Å². The fraction of sp³-hybridized carbons (Fsp3) is 0.0667. The van der Waals surface area contributed by atoms with Gasteiger partial charge in [0.25, 0.3) is 11.8 Å². The van der Waals surface area contributed by atoms with Gasteiger partial charge in [-0.1, -0.05) is 78.9 Å². The third-order valence-corrected chi connectivity index (χ3v) is 6.49. The van der Waals surface area contributed by atoms with Gasteiger partial charge in [-0.25, -0.2) is 0 Å². The van der Waals surface area contributed by atoms with Gasteiger partial charge in [0.05, 0.1) is 17.7 Å². The third-order valence-electron chi connectivity index (χ3n) is 6.49. The van der Waals surface area contributed by atoms with E-state index in [-0.39, 0.29) is 18.4 Å². The Balaban J connectivity index is 1.16. The fourth-order valence-corrected chi connectivity index (χ4v) is 4.65. The molecule has 0 bridgehead atoms. The standard InChI is InChI=1S/C30H22N2O2/c33-29-26-6-2-3-7-27(26)30(34)32(29)20-22-11-15-24(16-12-22)23-13-9-21(10-14-23)19-31-18-17-25-5-1-4-8-28(25)31/h1-18H,19-20H2. The lowest BCUT2D eigenvalue weighted by Gasteiger charge is -2.14. The summed E-state index contributed by atoms with van der Waals surface area (Å²) in [6.45, 7) is 1.10. The molecule has 0 N–H and O–H groups in total. The molecule has 1 aliphatic heterocycles. The number of hydrogen-bond acceptors (Lipinski definition) is 2. The smallest absolute Gasteiger partial charge is 0.261 e. The van der Waals surface area contributed by atoms with Gasteiger partial charge in [0.1, 0.15) is 0 Å². The molecular weight excluding hydrogens is 420 g/mol. The number of aromatic nitrogens is 1. The molecule has 5 aromatic rings. The molecule has 4 aromatic carbocycles. The molecule has 0 radical (unpaired) electrons. The predicted molar refractivity (Wildman–Crippen MR) is 134 cm³/mol. The van der Waals surface area contributed by atoms with E-state index in [1.807, 2.05) is 24.3 Å². The SMILES string of the molecule is O=C1c2ccccc2C(=O)N1Cc1ccc(-c2ccc(Cn3ccc4ccccc43)cc2)cc1. The minimum Gasteiger partial charge on any atom is -0.343 e. The van der Waals surface area contributed by atoms with Crippen LogP contribution in [-0.2, 0) is 13.1 Å². The highest BCUT2D eigenvalue weighted by Crippen LogP contribution is 2.26. The van der Waals surface area contributed by atoms with Crippen molar-refractivity contribution >= 4 is 22.7 Å². The van der Waals surface area contributed by atoms with Crippen LogP contribution in [0.15, 0.2) is 109 Å². The molecule has 0 unspecified atom stereocenters. The van der Waals surface area contributed by atoms with Crippen LogP contribution in [0, 0.1) is 0 Å². The summed E-state index contributed by atoms with van der Waals surface area (Å²) < 4.78 is 2.26. The summed E-state index contributed by atoms with van der Waals surface area (Å²) in [4.78, 5) is 26.6. The highest BCUT2D eigenvalue weighted by atomic mass is 16.2. The molecule has 0 saturated carbocycles. The van der Waals surface area contributed by atoms with Crippen LogP contribution in [0.5, 0.6) is 0 Å². The van der Waals surface area contributed by atoms with Crippen molar-refractivity contribution in [2.45, 2.75) is 13.1 Å². The van der Waals surface area contributed by atoms with Crippen molar-refractivity contribution < 1.29 is 9.59 Å². The van der Waals surface area contributed by atoms with E-state index in [1.54, 1.807) is 24.3 Å². The summed E-state index contributed by atoms with van der Waals surface area (Å²) in [5.41, 5.74) is 6.61. The van der Waals surface area contributed by atoms with Crippen molar-refractivity contribution in [2.24, 2.45) is 0 Å². The molecule has 4 heteroatoms. The minimum absolute atomic E-state index is 0.226. The lowest BCUT2D eigenvalue weighted by molar-refractivity contribution is 0.0642. The summed E-state index contributed by atoms with van der Waals surface area (Å²) in [5, 5.41) is 1.25. The molecule has 1 aromatic heterocycles. The Morgan fingerprint density at radius 1 is 0.529 bits per heavy atom. The molecule has 2 heterocycles. The maximum Gasteiger partial charge on any atom is 0.261 e. The van der Waals surface area contributed by atoms with Crippen LogP contribution in [0.4, 0.5) is 0 Å². The predicted octanol–water partition coefficient (Wildman–Crippen LogP) is 6.15. The molecule has 34 heavy (non-hydrogen) atoms. The monoisotopic (exact) mass is 442 g/mol. The molecule has 0 spiro atoms. The Kier molecular flexibility index (Phi) is 4.84. The zero-order valence-corrected chi connectivity index (χ0v) is 18.5. The maximum absolute atomic E-state index is 12.6. The zero-order chi connectivity index (χ0) is 23.1. The van der Waals surface area contributed by atoms with Crippen molar-refractivity contribution in [2.75, 3.05) is 0 Å². The average molecular weight is 443 g/mol. The number of carbonyl (C=O) groups excluding carboxylic acids is 2. The van der Waals surface area contributed by atoms with E-state index in [9.17, 15) is 9.59 Å². The summed E-state index contributed by atoms with van der Waals surface area (Å²) in [6, 6.07) is 34.2. The topological polar surface area (TPSA) is 42.3 Å². The lowest BCUT2D eigenvalue weighted by Crippen LogP contribution is -2.29. The average Bonchev–Trinajstić information content (AvgIpc) is 3.40. The van der Waals surface area contributed by atoms with Crippen LogP contribution in [-0.4, -0.2) is 21.3 Å². The first-order valence-corrected chi connectivity index (χ1v) is 11.3. The molecule has 0 atom stereocenters. The quantitative estimate of drug-likeness (QED) is 0.306. The van der Waals surface area contributed by atoms with Crippen molar-refractivity contribution in [3.05, 3.63) is 132 Å². The van der Waals surface area contributed by atoms with E-state index in [0.29, 0.717) is 11.1 Å². The molecule has 0 saturated heterocycles. The van der Waals surface area contributed by atoms with Crippen molar-refractivity contribution in [3.63, 3.8) is 0 Å². The third kappa shape index (κ3) is 3.50. The number of imide groups is 1. The number of nitrogens with zero attached hydrogens (tertiary/aromatic N) is 2. The fourth-order valence-electron chi connectivity index (χ4n) is 4.65. The summed E-state index contributed by atoms with van der Waals surface area (Å²) in [6.07, 6.45) is 2.13. The zero-order valence-electron chi connectivity index (χ0n) is 18.5. The Hall–Kier alpha value is -4.44. The number of amides is 2. The Morgan fingerprint density at radius 3 is 1.68 bits per heavy atom. The van der Waals surface area contributed by atoms with E-state index < -0.39 is 0 Å². The number of hydrogen-bond donors (Lipinski definition) is 0. The summed E-state index contributed by atoms with van der Waals surface area (Å²) in [7, 11) is 0. The number of fused-ring (bicyclic) bond motifs is 2. The maximum atomic E-state index is 12.6. The normalized spacial score (nSPS) is 13.0. The van der Waals surface area contributed by atoms with Crippen LogP contribution in [0.3, 0.4) is 0 Å². The first-order chi connectivity index (χ1) is 16.7. The molecule has 2 amide bonds. The van der Waals surface area contributed by atoms with Gasteiger partial charge >= 0.3 is 0 Å². The second kappa shape index (κ2) is 8.16. The van der Waals surface area contributed by atoms with Gasteiger partial charge < -0.3 is 4.57 Å². The van der Waals surface area contributed by atoms with Crippen LogP contribution in [0.2, 0.25) is 0 Å². The van der Waals surface area contributed by atoms with Gasteiger partial charge in [-0.05, 0) is 51.9 Å². The van der Waals surface area contributed by atoms with Gasteiger partial charge in [-0.15, -0.1) is 0 Å². The minimum atomic E-state index is -0.226. The van der Waals surface area contributed by atoms with Crippen molar-refractivity contribution in [1.82, 2.24) is 9.47 Å². The van der Waals surface area contributed by atoms with Crippen molar-refractivity contribution in [3.8, 4) is 11.1 Å². The Bertz CT molecular complexity index is 1490. The molecule has 4 nitrogen and oxygen atoms in total. The van der Waals surface area contributed by atoms with Gasteiger partial charge in [0.15, 0.2) is 0 Å². The number of benzene rings is 4. The Morgan fingerprint density at radius 2 is 1.06 bits per heavy atom. The molecule has 164 valence electrons. The molecule has 0 aliphatic carbocycles. The molecular formula is C30H22N2O2. The van der Waals surface area contributed by atoms with E-state index in [0.717, 1.165) is 23.2 Å². The molecule has 1 aliphatic rings. The van der Waals surface area contributed by atoms with E-state index >= 15 is 0 Å². The molecule has 6 rings (SSSR count). The number of para-hydroxylation sites is 1. The lowest BCUT2D eigenvalue weighted by atomic mass is 10.0. The van der Waals surface area contributed by atoms with Crippen LogP contribution < -0.4 is 0 Å². The summed E-state index contributed by atoms with van der Waals surface area (Å²) in [5.74, 6) is -0.452. The van der Waals surface area contributed by atoms with Crippen LogP contribution in [0.25, 0.3) is 22.0 Å². The Labute approximate surface area is 197 Å². The first-order valence-electron chi connectivity index (χ1n) is 11.3. The van der Waals surface area contributed by atoms with Gasteiger partial charge in [-0.2, -0.15) is 0 Å².